The minimum absolute atomic E-state index is 0.244. The fraction of sp³-hybridized carbons (Fsp3) is 0.222. The number of benzene rings is 1. The van der Waals surface area contributed by atoms with E-state index in [0.717, 1.165) is 0 Å². The number of rotatable bonds is 2. The zero-order valence-electron chi connectivity index (χ0n) is 7.00. The van der Waals surface area contributed by atoms with Crippen LogP contribution in [0, 0.1) is 13.8 Å². The first-order chi connectivity index (χ1) is 5.65. The van der Waals surface area contributed by atoms with Gasteiger partial charge in [0.2, 0.25) is 0 Å². The molecular weight excluding hydrogens is 156 g/mol. The number of phenolic OH excluding ortho intramolecular Hbond substituents is 1. The fourth-order valence-corrected chi connectivity index (χ4v) is 1.04. The Hall–Kier alpha value is -1.51. The molecule has 1 aromatic carbocycles. The van der Waals surface area contributed by atoms with Crippen molar-refractivity contribution in [3.8, 4) is 11.5 Å². The van der Waals surface area contributed by atoms with Crippen LogP contribution in [0.2, 0.25) is 0 Å². The van der Waals surface area contributed by atoms with E-state index in [-0.39, 0.29) is 5.75 Å². The highest BCUT2D eigenvalue weighted by Gasteiger charge is 2.03. The van der Waals surface area contributed by atoms with Gasteiger partial charge in [0, 0.05) is 0 Å². The Bertz CT molecular complexity index is 282. The van der Waals surface area contributed by atoms with E-state index in [1.165, 1.54) is 0 Å². The maximum absolute atomic E-state index is 10.00. The van der Waals surface area contributed by atoms with E-state index in [9.17, 15) is 9.90 Å². The molecule has 1 rings (SSSR count). The smallest absolute Gasteiger partial charge is 0.298 e. The van der Waals surface area contributed by atoms with E-state index in [2.05, 4.69) is 4.74 Å². The van der Waals surface area contributed by atoms with Crippen LogP contribution in [0.1, 0.15) is 11.1 Å². The summed E-state index contributed by atoms with van der Waals surface area (Å²) in [6, 6.07) is 3.22. The van der Waals surface area contributed by atoms with Crippen LogP contribution >= 0.6 is 0 Å². The number of hydrogen-bond donors (Lipinski definition) is 1. The molecule has 0 aliphatic carbocycles. The van der Waals surface area contributed by atoms with Crippen molar-refractivity contribution >= 4 is 6.47 Å². The Morgan fingerprint density at radius 2 is 1.83 bits per heavy atom. The lowest BCUT2D eigenvalue weighted by molar-refractivity contribution is -0.120. The minimum atomic E-state index is 0.244. The van der Waals surface area contributed by atoms with Crippen LogP contribution < -0.4 is 4.74 Å². The first-order valence-electron chi connectivity index (χ1n) is 3.55. The van der Waals surface area contributed by atoms with Gasteiger partial charge in [0.25, 0.3) is 6.47 Å². The van der Waals surface area contributed by atoms with Crippen LogP contribution in [0.3, 0.4) is 0 Å². The SMILES string of the molecule is Cc1cc(OC=O)cc(C)c1O. The molecule has 12 heavy (non-hydrogen) atoms. The molecule has 0 radical (unpaired) electrons. The molecule has 0 spiro atoms. The van der Waals surface area contributed by atoms with E-state index >= 15 is 0 Å². The monoisotopic (exact) mass is 166 g/mol. The van der Waals surface area contributed by atoms with Gasteiger partial charge < -0.3 is 9.84 Å². The van der Waals surface area contributed by atoms with Crippen LogP contribution in [0.15, 0.2) is 12.1 Å². The summed E-state index contributed by atoms with van der Waals surface area (Å²) in [7, 11) is 0. The third-order valence-corrected chi connectivity index (χ3v) is 1.65. The summed E-state index contributed by atoms with van der Waals surface area (Å²) in [4.78, 5) is 10.00. The molecule has 0 bridgehead atoms. The maximum Gasteiger partial charge on any atom is 0.298 e. The number of phenols is 1. The molecule has 0 heterocycles. The Labute approximate surface area is 70.6 Å². The maximum atomic E-state index is 10.00. The average Bonchev–Trinajstić information content (AvgIpc) is 2.01. The van der Waals surface area contributed by atoms with Crippen LogP contribution in [-0.4, -0.2) is 11.6 Å². The van der Waals surface area contributed by atoms with Gasteiger partial charge in [-0.05, 0) is 37.1 Å². The summed E-state index contributed by atoms with van der Waals surface area (Å²) in [5.41, 5.74) is 1.40. The minimum Gasteiger partial charge on any atom is -0.507 e. The number of aromatic hydroxyl groups is 1. The standard InChI is InChI=1S/C9H10O3/c1-6-3-8(12-5-10)4-7(2)9(6)11/h3-5,11H,1-2H3. The molecule has 0 fully saturated rings. The summed E-state index contributed by atoms with van der Waals surface area (Å²) in [5, 5.41) is 9.36. The van der Waals surface area contributed by atoms with E-state index in [0.29, 0.717) is 23.3 Å². The van der Waals surface area contributed by atoms with Gasteiger partial charge in [0.05, 0.1) is 0 Å². The van der Waals surface area contributed by atoms with Gasteiger partial charge in [0.15, 0.2) is 0 Å². The molecule has 0 saturated heterocycles. The molecule has 0 atom stereocenters. The zero-order chi connectivity index (χ0) is 9.14. The average molecular weight is 166 g/mol. The molecule has 0 amide bonds. The summed E-state index contributed by atoms with van der Waals surface area (Å²) in [6.07, 6.45) is 0. The summed E-state index contributed by atoms with van der Waals surface area (Å²) in [5.74, 6) is 0.700. The first kappa shape index (κ1) is 8.59. The molecule has 0 unspecified atom stereocenters. The van der Waals surface area contributed by atoms with Crippen LogP contribution in [-0.2, 0) is 4.79 Å². The number of carbonyl (C=O) groups is 1. The Balaban J connectivity index is 3.11. The Kier molecular flexibility index (Phi) is 2.33. The molecule has 3 heteroatoms. The third kappa shape index (κ3) is 1.56. The van der Waals surface area contributed by atoms with Gasteiger partial charge >= 0.3 is 0 Å². The predicted octanol–water partition coefficient (Wildman–Crippen LogP) is 1.54. The third-order valence-electron chi connectivity index (χ3n) is 1.65. The predicted molar refractivity (Wildman–Crippen MR) is 44.3 cm³/mol. The quantitative estimate of drug-likeness (QED) is 0.678. The Morgan fingerprint density at radius 3 is 2.25 bits per heavy atom. The molecule has 0 aliphatic heterocycles. The van der Waals surface area contributed by atoms with Crippen molar-refractivity contribution < 1.29 is 14.6 Å². The molecule has 1 aromatic rings. The van der Waals surface area contributed by atoms with Gasteiger partial charge in [-0.2, -0.15) is 0 Å². The van der Waals surface area contributed by atoms with Crippen LogP contribution in [0.25, 0.3) is 0 Å². The number of carbonyl (C=O) groups excluding carboxylic acids is 1. The van der Waals surface area contributed by atoms with Crippen molar-refractivity contribution in [3.63, 3.8) is 0 Å². The number of hydrogen-bond acceptors (Lipinski definition) is 3. The molecule has 0 aliphatic rings. The van der Waals surface area contributed by atoms with Crippen LogP contribution in [0.4, 0.5) is 0 Å². The van der Waals surface area contributed by atoms with Gasteiger partial charge in [-0.1, -0.05) is 0 Å². The van der Waals surface area contributed by atoms with Crippen molar-refractivity contribution in [1.82, 2.24) is 0 Å². The summed E-state index contributed by atoms with van der Waals surface area (Å²) < 4.78 is 4.63. The zero-order valence-corrected chi connectivity index (χ0v) is 7.00. The molecule has 0 saturated carbocycles. The molecule has 1 N–H and O–H groups in total. The highest BCUT2D eigenvalue weighted by atomic mass is 16.5. The molecule has 0 aromatic heterocycles. The van der Waals surface area contributed by atoms with Gasteiger partial charge in [-0.15, -0.1) is 0 Å². The van der Waals surface area contributed by atoms with Crippen molar-refractivity contribution in [3.05, 3.63) is 23.3 Å². The number of aryl methyl sites for hydroxylation is 2. The largest absolute Gasteiger partial charge is 0.507 e. The summed E-state index contributed by atoms with van der Waals surface area (Å²) in [6.45, 7) is 3.87. The summed E-state index contributed by atoms with van der Waals surface area (Å²) >= 11 is 0. The van der Waals surface area contributed by atoms with E-state index < -0.39 is 0 Å². The topological polar surface area (TPSA) is 46.5 Å². The lowest BCUT2D eigenvalue weighted by atomic mass is 10.1. The Morgan fingerprint density at radius 1 is 1.33 bits per heavy atom. The van der Waals surface area contributed by atoms with Crippen LogP contribution in [0.5, 0.6) is 11.5 Å². The first-order valence-corrected chi connectivity index (χ1v) is 3.55. The highest BCUT2D eigenvalue weighted by Crippen LogP contribution is 2.26. The molecule has 64 valence electrons. The lowest BCUT2D eigenvalue weighted by Gasteiger charge is -2.04. The second-order valence-electron chi connectivity index (χ2n) is 2.62. The van der Waals surface area contributed by atoms with Crippen molar-refractivity contribution in [1.29, 1.82) is 0 Å². The second kappa shape index (κ2) is 3.26. The van der Waals surface area contributed by atoms with E-state index in [1.807, 2.05) is 0 Å². The number of ether oxygens (including phenoxy) is 1. The van der Waals surface area contributed by atoms with E-state index in [4.69, 9.17) is 0 Å². The fourth-order valence-electron chi connectivity index (χ4n) is 1.04. The highest BCUT2D eigenvalue weighted by molar-refractivity contribution is 5.50. The normalized spacial score (nSPS) is 9.50. The van der Waals surface area contributed by atoms with Crippen molar-refractivity contribution in [2.75, 3.05) is 0 Å². The van der Waals surface area contributed by atoms with Crippen molar-refractivity contribution in [2.24, 2.45) is 0 Å². The molecule has 3 nitrogen and oxygen atoms in total. The van der Waals surface area contributed by atoms with Gasteiger partial charge in [-0.25, -0.2) is 0 Å². The molecular formula is C9H10O3. The van der Waals surface area contributed by atoms with Gasteiger partial charge in [-0.3, -0.25) is 4.79 Å². The second-order valence-corrected chi connectivity index (χ2v) is 2.62. The van der Waals surface area contributed by atoms with Gasteiger partial charge in [0.1, 0.15) is 11.5 Å². The van der Waals surface area contributed by atoms with Crippen molar-refractivity contribution in [2.45, 2.75) is 13.8 Å². The lowest BCUT2D eigenvalue weighted by Crippen LogP contribution is -1.90. The van der Waals surface area contributed by atoms with E-state index in [1.54, 1.807) is 26.0 Å².